The van der Waals surface area contributed by atoms with Crippen LogP contribution in [0.5, 0.6) is 5.75 Å². The number of rotatable bonds is 8. The molecule has 0 saturated carbocycles. The number of carbonyl (C=O) groups excluding carboxylic acids is 1. The first kappa shape index (κ1) is 24.8. The molecule has 0 spiro atoms. The van der Waals surface area contributed by atoms with E-state index >= 15 is 0 Å². The van der Waals surface area contributed by atoms with Gasteiger partial charge in [-0.2, -0.15) is 0 Å². The summed E-state index contributed by atoms with van der Waals surface area (Å²) in [6.07, 6.45) is 0. The van der Waals surface area contributed by atoms with Gasteiger partial charge in [-0.15, -0.1) is 11.3 Å². The van der Waals surface area contributed by atoms with E-state index in [1.807, 2.05) is 13.8 Å². The van der Waals surface area contributed by atoms with Crippen molar-refractivity contribution in [1.29, 1.82) is 0 Å². The molecule has 2 aromatic carbocycles. The fourth-order valence-electron chi connectivity index (χ4n) is 3.22. The number of sulfonamides is 1. The van der Waals surface area contributed by atoms with E-state index in [2.05, 4.69) is 20.0 Å². The van der Waals surface area contributed by atoms with Crippen LogP contribution in [-0.2, 0) is 14.8 Å². The van der Waals surface area contributed by atoms with E-state index in [9.17, 15) is 18.0 Å². The van der Waals surface area contributed by atoms with Gasteiger partial charge in [0.05, 0.1) is 23.1 Å². The molecule has 35 heavy (non-hydrogen) atoms. The molecule has 0 bridgehead atoms. The van der Waals surface area contributed by atoms with Crippen molar-refractivity contribution >= 4 is 60.6 Å². The number of H-pyrrole nitrogens is 1. The van der Waals surface area contributed by atoms with Crippen molar-refractivity contribution in [3.05, 3.63) is 69.3 Å². The fraction of sp³-hybridized carbons (Fsp3) is 0.174. The Labute approximate surface area is 210 Å². The first-order valence-corrected chi connectivity index (χ1v) is 13.6. The Morgan fingerprint density at radius 3 is 2.40 bits per heavy atom. The standard InChI is InChI=1S/C23H22N4O5S3/c1-13-14(2)34-22-20(13)21(29)25-23(26-22)33-12-19(28)24-15-6-10-18(11-7-15)35(30,31)27-16-4-8-17(32-3)9-5-16/h4-11,27H,12H2,1-3H3,(H,24,28)(H,25,26,29). The summed E-state index contributed by atoms with van der Waals surface area (Å²) in [6, 6.07) is 12.3. The number of amides is 1. The number of nitrogens with one attached hydrogen (secondary N) is 3. The van der Waals surface area contributed by atoms with Crippen molar-refractivity contribution in [3.8, 4) is 5.75 Å². The largest absolute Gasteiger partial charge is 0.497 e. The van der Waals surface area contributed by atoms with E-state index in [-0.39, 0.29) is 22.1 Å². The quantitative estimate of drug-likeness (QED) is 0.231. The minimum Gasteiger partial charge on any atom is -0.497 e. The molecule has 0 saturated heterocycles. The van der Waals surface area contributed by atoms with Crippen LogP contribution in [0.4, 0.5) is 11.4 Å². The fourth-order valence-corrected chi connectivity index (χ4v) is 6.03. The summed E-state index contributed by atoms with van der Waals surface area (Å²) in [6.45, 7) is 3.82. The number of thioether (sulfide) groups is 1. The molecule has 182 valence electrons. The van der Waals surface area contributed by atoms with Gasteiger partial charge in [0.25, 0.3) is 15.6 Å². The lowest BCUT2D eigenvalue weighted by Gasteiger charge is -2.10. The average molecular weight is 531 g/mol. The molecule has 2 heterocycles. The summed E-state index contributed by atoms with van der Waals surface area (Å²) in [5.41, 5.74) is 1.54. The molecule has 9 nitrogen and oxygen atoms in total. The number of thiophene rings is 1. The minimum atomic E-state index is -3.80. The average Bonchev–Trinajstić information content (AvgIpc) is 3.12. The number of fused-ring (bicyclic) bond motifs is 1. The van der Waals surface area contributed by atoms with Crippen LogP contribution in [0.1, 0.15) is 10.4 Å². The SMILES string of the molecule is COc1ccc(NS(=O)(=O)c2ccc(NC(=O)CSc3nc4sc(C)c(C)c4c(=O)[nH]3)cc2)cc1. The van der Waals surface area contributed by atoms with Gasteiger partial charge in [-0.05, 0) is 67.9 Å². The van der Waals surface area contributed by atoms with Gasteiger partial charge in [0.1, 0.15) is 10.6 Å². The summed E-state index contributed by atoms with van der Waals surface area (Å²) >= 11 is 2.56. The third-order valence-corrected chi connectivity index (χ3v) is 8.52. The number of hydrogen-bond donors (Lipinski definition) is 3. The molecule has 2 aromatic heterocycles. The molecule has 4 rings (SSSR count). The van der Waals surface area contributed by atoms with Crippen LogP contribution in [0.3, 0.4) is 0 Å². The zero-order valence-corrected chi connectivity index (χ0v) is 21.5. The highest BCUT2D eigenvalue weighted by atomic mass is 32.2. The van der Waals surface area contributed by atoms with E-state index in [0.29, 0.717) is 32.5 Å². The lowest BCUT2D eigenvalue weighted by atomic mass is 10.2. The van der Waals surface area contributed by atoms with Crippen molar-refractivity contribution in [2.45, 2.75) is 23.9 Å². The van der Waals surface area contributed by atoms with Gasteiger partial charge in [0.15, 0.2) is 5.16 Å². The molecular weight excluding hydrogens is 508 g/mol. The van der Waals surface area contributed by atoms with E-state index < -0.39 is 10.0 Å². The first-order chi connectivity index (χ1) is 16.7. The van der Waals surface area contributed by atoms with Crippen molar-refractivity contribution in [2.24, 2.45) is 0 Å². The lowest BCUT2D eigenvalue weighted by Crippen LogP contribution is -2.16. The van der Waals surface area contributed by atoms with E-state index in [1.165, 1.54) is 42.7 Å². The van der Waals surface area contributed by atoms with Gasteiger partial charge in [-0.1, -0.05) is 11.8 Å². The number of methoxy groups -OCH3 is 1. The number of ether oxygens (including phenoxy) is 1. The molecule has 12 heteroatoms. The van der Waals surface area contributed by atoms with Gasteiger partial charge >= 0.3 is 0 Å². The van der Waals surface area contributed by atoms with Crippen LogP contribution in [0.25, 0.3) is 10.2 Å². The second-order valence-corrected chi connectivity index (χ2v) is 11.4. The second kappa shape index (κ2) is 10.1. The Morgan fingerprint density at radius 1 is 1.09 bits per heavy atom. The predicted molar refractivity (Wildman–Crippen MR) is 139 cm³/mol. The Hall–Kier alpha value is -3.35. The van der Waals surface area contributed by atoms with Crippen LogP contribution in [0.2, 0.25) is 0 Å². The number of benzene rings is 2. The summed E-state index contributed by atoms with van der Waals surface area (Å²) < 4.78 is 32.8. The van der Waals surface area contributed by atoms with Gasteiger partial charge in [-0.3, -0.25) is 14.3 Å². The Kier molecular flexibility index (Phi) is 7.15. The maximum atomic E-state index is 12.6. The van der Waals surface area contributed by atoms with Crippen molar-refractivity contribution in [3.63, 3.8) is 0 Å². The van der Waals surface area contributed by atoms with Gasteiger partial charge in [-0.25, -0.2) is 13.4 Å². The molecule has 0 aliphatic heterocycles. The van der Waals surface area contributed by atoms with E-state index in [4.69, 9.17) is 4.74 Å². The topological polar surface area (TPSA) is 130 Å². The minimum absolute atomic E-state index is 0.0247. The maximum absolute atomic E-state index is 12.6. The Bertz CT molecular complexity index is 1540. The number of anilines is 2. The first-order valence-electron chi connectivity index (χ1n) is 10.4. The smallest absolute Gasteiger partial charge is 0.261 e. The van der Waals surface area contributed by atoms with Crippen LogP contribution in [0, 0.1) is 13.8 Å². The molecule has 0 atom stereocenters. The summed E-state index contributed by atoms with van der Waals surface area (Å²) in [5, 5.41) is 3.66. The van der Waals surface area contributed by atoms with E-state index in [0.717, 1.165) is 22.2 Å². The number of carbonyl (C=O) groups is 1. The maximum Gasteiger partial charge on any atom is 0.261 e. The highest BCUT2D eigenvalue weighted by molar-refractivity contribution is 7.99. The monoisotopic (exact) mass is 530 g/mol. The van der Waals surface area contributed by atoms with E-state index in [1.54, 1.807) is 24.3 Å². The summed E-state index contributed by atoms with van der Waals surface area (Å²) in [7, 11) is -2.27. The third kappa shape index (κ3) is 5.66. The normalized spacial score (nSPS) is 11.4. The van der Waals surface area contributed by atoms with Crippen LogP contribution in [0.15, 0.2) is 63.4 Å². The summed E-state index contributed by atoms with van der Waals surface area (Å²) in [4.78, 5) is 33.6. The van der Waals surface area contributed by atoms with Crippen molar-refractivity contribution in [2.75, 3.05) is 22.9 Å². The highest BCUT2D eigenvalue weighted by Gasteiger charge is 2.16. The number of aromatic nitrogens is 2. The Morgan fingerprint density at radius 2 is 1.74 bits per heavy atom. The molecule has 0 unspecified atom stereocenters. The molecular formula is C23H22N4O5S3. The zero-order valence-electron chi connectivity index (χ0n) is 19.0. The second-order valence-electron chi connectivity index (χ2n) is 7.53. The van der Waals surface area contributed by atoms with Gasteiger partial charge in [0.2, 0.25) is 5.91 Å². The molecule has 3 N–H and O–H groups in total. The molecule has 0 radical (unpaired) electrons. The lowest BCUT2D eigenvalue weighted by molar-refractivity contribution is -0.113. The molecule has 0 aliphatic rings. The number of hydrogen-bond acceptors (Lipinski definition) is 8. The number of nitrogens with zero attached hydrogens (tertiary/aromatic N) is 1. The summed E-state index contributed by atoms with van der Waals surface area (Å²) in [5.74, 6) is 0.325. The number of aryl methyl sites for hydroxylation is 2. The van der Waals surface area contributed by atoms with Crippen LogP contribution < -0.4 is 20.3 Å². The van der Waals surface area contributed by atoms with Crippen LogP contribution in [-0.4, -0.2) is 37.2 Å². The molecule has 0 aliphatic carbocycles. The number of aromatic amines is 1. The van der Waals surface area contributed by atoms with Gasteiger partial charge < -0.3 is 15.0 Å². The van der Waals surface area contributed by atoms with Gasteiger partial charge in [0, 0.05) is 16.3 Å². The van der Waals surface area contributed by atoms with Crippen molar-refractivity contribution < 1.29 is 17.9 Å². The molecule has 4 aromatic rings. The molecule has 1 amide bonds. The third-order valence-electron chi connectivity index (χ3n) is 5.15. The Balaban J connectivity index is 1.37. The van der Waals surface area contributed by atoms with Crippen LogP contribution >= 0.6 is 23.1 Å². The zero-order chi connectivity index (χ0) is 25.2. The highest BCUT2D eigenvalue weighted by Crippen LogP contribution is 2.27. The molecule has 0 fully saturated rings. The van der Waals surface area contributed by atoms with Crippen molar-refractivity contribution in [1.82, 2.24) is 9.97 Å². The predicted octanol–water partition coefficient (Wildman–Crippen LogP) is 4.14.